The smallest absolute Gasteiger partial charge is 0.222 e. The lowest BCUT2D eigenvalue weighted by Gasteiger charge is -2.47. The van der Waals surface area contributed by atoms with Gasteiger partial charge in [0, 0.05) is 38.3 Å². The molecule has 2 saturated heterocycles. The third-order valence-electron chi connectivity index (χ3n) is 6.19. The first kappa shape index (κ1) is 17.3. The number of carbonyl (C=O) groups excluding carboxylic acids is 1. The van der Waals surface area contributed by atoms with Crippen LogP contribution in [0.2, 0.25) is 0 Å². The molecule has 6 heteroatoms. The predicted octanol–water partition coefficient (Wildman–Crippen LogP) is 2.77. The van der Waals surface area contributed by atoms with Crippen LogP contribution in [0.5, 0.6) is 0 Å². The second-order valence-electron chi connectivity index (χ2n) is 7.82. The average Bonchev–Trinajstić information content (AvgIpc) is 2.68. The zero-order valence-corrected chi connectivity index (χ0v) is 15.4. The number of nitrogens with two attached hydrogens (primary N) is 1. The van der Waals surface area contributed by atoms with Crippen LogP contribution >= 0.6 is 0 Å². The Morgan fingerprint density at radius 3 is 2.96 bits per heavy atom. The van der Waals surface area contributed by atoms with Crippen molar-refractivity contribution in [1.82, 2.24) is 14.9 Å². The number of fused-ring (bicyclic) bond motifs is 1. The number of aromatic nitrogens is 2. The Labute approximate surface area is 155 Å². The van der Waals surface area contributed by atoms with Gasteiger partial charge in [-0.25, -0.2) is 4.98 Å². The van der Waals surface area contributed by atoms with E-state index in [1.165, 1.54) is 25.7 Å². The highest BCUT2D eigenvalue weighted by Gasteiger charge is 2.39. The Morgan fingerprint density at radius 2 is 2.15 bits per heavy atom. The van der Waals surface area contributed by atoms with Gasteiger partial charge in [-0.05, 0) is 56.9 Å². The van der Waals surface area contributed by atoms with Crippen LogP contribution in [-0.4, -0.2) is 46.5 Å². The van der Waals surface area contributed by atoms with Crippen molar-refractivity contribution < 1.29 is 4.79 Å². The van der Waals surface area contributed by atoms with Gasteiger partial charge in [-0.1, -0.05) is 11.6 Å². The summed E-state index contributed by atoms with van der Waals surface area (Å²) in [4.78, 5) is 25.4. The molecule has 1 aromatic rings. The first-order chi connectivity index (χ1) is 12.7. The molecule has 2 N–H and O–H groups in total. The summed E-state index contributed by atoms with van der Waals surface area (Å²) in [5, 5.41) is 0. The monoisotopic (exact) mass is 355 g/mol. The summed E-state index contributed by atoms with van der Waals surface area (Å²) in [7, 11) is 0. The second kappa shape index (κ2) is 7.64. The maximum atomic E-state index is 12.6. The highest BCUT2D eigenvalue weighted by atomic mass is 16.2. The summed E-state index contributed by atoms with van der Waals surface area (Å²) in [6.45, 7) is 2.77. The van der Waals surface area contributed by atoms with Crippen molar-refractivity contribution in [2.24, 2.45) is 5.92 Å². The van der Waals surface area contributed by atoms with Crippen LogP contribution in [0.15, 0.2) is 23.9 Å². The quantitative estimate of drug-likeness (QED) is 0.841. The number of rotatable bonds is 4. The molecule has 140 valence electrons. The minimum Gasteiger partial charge on any atom is -0.368 e. The van der Waals surface area contributed by atoms with Crippen molar-refractivity contribution in [3.8, 4) is 0 Å². The van der Waals surface area contributed by atoms with Crippen LogP contribution in [0.25, 0.3) is 0 Å². The first-order valence-electron chi connectivity index (χ1n) is 10.0. The summed E-state index contributed by atoms with van der Waals surface area (Å²) in [6.07, 6.45) is 12.9. The van der Waals surface area contributed by atoms with E-state index in [2.05, 4.69) is 25.8 Å². The van der Waals surface area contributed by atoms with Crippen LogP contribution in [0.4, 0.5) is 11.8 Å². The van der Waals surface area contributed by atoms with Gasteiger partial charge in [0.1, 0.15) is 5.82 Å². The van der Waals surface area contributed by atoms with E-state index in [1.807, 2.05) is 6.07 Å². The van der Waals surface area contributed by atoms with Gasteiger partial charge in [-0.2, -0.15) is 4.98 Å². The Morgan fingerprint density at radius 1 is 1.23 bits per heavy atom. The topological polar surface area (TPSA) is 75.3 Å². The van der Waals surface area contributed by atoms with Gasteiger partial charge in [0.2, 0.25) is 11.9 Å². The lowest BCUT2D eigenvalue weighted by Crippen LogP contribution is -2.56. The third-order valence-corrected chi connectivity index (χ3v) is 6.19. The Kier molecular flexibility index (Phi) is 5.09. The van der Waals surface area contributed by atoms with Crippen LogP contribution in [0.1, 0.15) is 51.4 Å². The molecule has 0 saturated carbocycles. The van der Waals surface area contributed by atoms with Crippen molar-refractivity contribution in [1.29, 1.82) is 0 Å². The van der Waals surface area contributed by atoms with Crippen LogP contribution in [0.3, 0.4) is 0 Å². The van der Waals surface area contributed by atoms with E-state index >= 15 is 0 Å². The minimum absolute atomic E-state index is 0.325. The molecule has 4 rings (SSSR count). The highest BCUT2D eigenvalue weighted by molar-refractivity contribution is 5.77. The standard InChI is InChI=1S/C20H29N5O/c21-20-22-11-8-18(23-20)24-12-10-17-16(14-24)6-7-19(26)25(17)13-9-15-4-2-1-3-5-15/h4,8,11,16-17H,1-3,5-7,9-10,12-14H2,(H2,21,22,23)/t16-,17+/m0/s1. The van der Waals surface area contributed by atoms with Gasteiger partial charge in [0.05, 0.1) is 0 Å². The number of hydrogen-bond donors (Lipinski definition) is 1. The fourth-order valence-electron chi connectivity index (χ4n) is 4.79. The Hall–Kier alpha value is -2.11. The molecule has 2 atom stereocenters. The zero-order chi connectivity index (χ0) is 17.9. The number of nitrogens with zero attached hydrogens (tertiary/aromatic N) is 4. The number of nitrogen functional groups attached to an aromatic ring is 1. The van der Waals surface area contributed by atoms with Gasteiger partial charge in [-0.15, -0.1) is 0 Å². The summed E-state index contributed by atoms with van der Waals surface area (Å²) in [5.41, 5.74) is 7.30. The van der Waals surface area contributed by atoms with E-state index in [0.717, 1.165) is 44.7 Å². The molecule has 1 amide bonds. The largest absolute Gasteiger partial charge is 0.368 e. The molecule has 26 heavy (non-hydrogen) atoms. The number of hydrogen-bond acceptors (Lipinski definition) is 5. The normalized spacial score (nSPS) is 26.5. The molecule has 0 bridgehead atoms. The number of anilines is 2. The Balaban J connectivity index is 1.41. The summed E-state index contributed by atoms with van der Waals surface area (Å²) in [6, 6.07) is 2.31. The van der Waals surface area contributed by atoms with Gasteiger partial charge >= 0.3 is 0 Å². The maximum absolute atomic E-state index is 12.6. The predicted molar refractivity (Wildman–Crippen MR) is 103 cm³/mol. The van der Waals surface area contributed by atoms with Crippen molar-refractivity contribution in [3.05, 3.63) is 23.9 Å². The van der Waals surface area contributed by atoms with Gasteiger partial charge in [-0.3, -0.25) is 4.79 Å². The molecule has 2 aliphatic heterocycles. The lowest BCUT2D eigenvalue weighted by molar-refractivity contribution is -0.139. The van der Waals surface area contributed by atoms with Gasteiger partial charge < -0.3 is 15.5 Å². The zero-order valence-electron chi connectivity index (χ0n) is 15.4. The molecule has 0 aromatic carbocycles. The van der Waals surface area contributed by atoms with Crippen LogP contribution in [-0.2, 0) is 4.79 Å². The molecular weight excluding hydrogens is 326 g/mol. The summed E-state index contributed by atoms with van der Waals surface area (Å²) in [5.74, 6) is 2.11. The minimum atomic E-state index is 0.325. The van der Waals surface area contributed by atoms with Gasteiger partial charge in [0.25, 0.3) is 0 Å². The van der Waals surface area contributed by atoms with E-state index in [-0.39, 0.29) is 0 Å². The van der Waals surface area contributed by atoms with Gasteiger partial charge in [0.15, 0.2) is 0 Å². The summed E-state index contributed by atoms with van der Waals surface area (Å²) >= 11 is 0. The molecular formula is C20H29N5O. The molecule has 2 fully saturated rings. The first-order valence-corrected chi connectivity index (χ1v) is 10.0. The number of amides is 1. The van der Waals surface area contributed by atoms with E-state index in [1.54, 1.807) is 11.8 Å². The molecule has 6 nitrogen and oxygen atoms in total. The van der Waals surface area contributed by atoms with E-state index in [4.69, 9.17) is 5.73 Å². The number of allylic oxidation sites excluding steroid dienone is 1. The Bertz CT molecular complexity index is 689. The number of carbonyl (C=O) groups is 1. The van der Waals surface area contributed by atoms with E-state index in [0.29, 0.717) is 30.2 Å². The lowest BCUT2D eigenvalue weighted by atomic mass is 9.83. The molecule has 0 radical (unpaired) electrons. The van der Waals surface area contributed by atoms with Crippen LogP contribution < -0.4 is 10.6 Å². The molecule has 1 aromatic heterocycles. The van der Waals surface area contributed by atoms with E-state index in [9.17, 15) is 4.79 Å². The fourth-order valence-corrected chi connectivity index (χ4v) is 4.79. The summed E-state index contributed by atoms with van der Waals surface area (Å²) < 4.78 is 0. The molecule has 1 aliphatic carbocycles. The van der Waals surface area contributed by atoms with E-state index < -0.39 is 0 Å². The van der Waals surface area contributed by atoms with Crippen LogP contribution in [0, 0.1) is 5.92 Å². The van der Waals surface area contributed by atoms with Crippen molar-refractivity contribution in [2.45, 2.75) is 57.4 Å². The molecule has 3 aliphatic rings. The maximum Gasteiger partial charge on any atom is 0.222 e. The molecule has 0 spiro atoms. The SMILES string of the molecule is Nc1nccc(N2CC[C@@H]3[C@@H](CCC(=O)N3CCC3=CCCCC3)C2)n1. The average molecular weight is 355 g/mol. The number of likely N-dealkylation sites (tertiary alicyclic amines) is 1. The molecule has 0 unspecified atom stereocenters. The molecule has 3 heterocycles. The van der Waals surface area contributed by atoms with Crippen molar-refractivity contribution in [2.75, 3.05) is 30.3 Å². The second-order valence-corrected chi connectivity index (χ2v) is 7.82. The highest BCUT2D eigenvalue weighted by Crippen LogP contribution is 2.33. The number of piperidine rings is 2. The third kappa shape index (κ3) is 3.69. The fraction of sp³-hybridized carbons (Fsp3) is 0.650. The van der Waals surface area contributed by atoms with Crippen molar-refractivity contribution >= 4 is 17.7 Å². The van der Waals surface area contributed by atoms with Crippen molar-refractivity contribution in [3.63, 3.8) is 0 Å².